The van der Waals surface area contributed by atoms with E-state index in [0.717, 1.165) is 16.3 Å². The van der Waals surface area contributed by atoms with Crippen LogP contribution in [0.25, 0.3) is 0 Å². The fourth-order valence-corrected chi connectivity index (χ4v) is 2.57. The van der Waals surface area contributed by atoms with Gasteiger partial charge in [0, 0.05) is 6.20 Å². The van der Waals surface area contributed by atoms with Gasteiger partial charge in [0.15, 0.2) is 0 Å². The summed E-state index contributed by atoms with van der Waals surface area (Å²) >= 11 is 6.08. The van der Waals surface area contributed by atoms with Crippen molar-refractivity contribution in [1.29, 1.82) is 0 Å². The predicted molar refractivity (Wildman–Crippen MR) is 93.3 cm³/mol. The average Bonchev–Trinajstić information content (AvgIpc) is 3.07. The molecule has 3 aromatic rings. The molecule has 0 saturated heterocycles. The number of anilines is 1. The van der Waals surface area contributed by atoms with Gasteiger partial charge in [-0.1, -0.05) is 17.7 Å². The minimum Gasteiger partial charge on any atom is -0.467 e. The van der Waals surface area contributed by atoms with Crippen LogP contribution in [0.5, 0.6) is 0 Å². The predicted octanol–water partition coefficient (Wildman–Crippen LogP) is 2.39. The number of halogens is 1. The largest absolute Gasteiger partial charge is 0.467 e. The first-order chi connectivity index (χ1) is 12.0. The third-order valence-electron chi connectivity index (χ3n) is 3.57. The summed E-state index contributed by atoms with van der Waals surface area (Å²) in [5, 5.41) is 2.93. The zero-order chi connectivity index (χ0) is 18.0. The third kappa shape index (κ3) is 3.56. The van der Waals surface area contributed by atoms with Crippen molar-refractivity contribution in [1.82, 2.24) is 9.55 Å². The molecular formula is C17H14ClN3O4. The monoisotopic (exact) mass is 359 g/mol. The molecule has 8 heteroatoms. The van der Waals surface area contributed by atoms with Gasteiger partial charge in [-0.3, -0.25) is 14.2 Å². The number of benzene rings is 1. The molecule has 3 rings (SSSR count). The second-order valence-corrected chi connectivity index (χ2v) is 5.82. The van der Waals surface area contributed by atoms with Crippen LogP contribution in [0, 0.1) is 6.92 Å². The SMILES string of the molecule is Cc1ccc(NC(=O)c2c[nH]c(=O)n(Cc3ccco3)c2=O)c(Cl)c1. The van der Waals surface area contributed by atoms with Crippen molar-refractivity contribution in [3.8, 4) is 0 Å². The van der Waals surface area contributed by atoms with Gasteiger partial charge in [0.1, 0.15) is 11.3 Å². The lowest BCUT2D eigenvalue weighted by atomic mass is 10.2. The molecule has 2 heterocycles. The molecule has 2 N–H and O–H groups in total. The minimum atomic E-state index is -0.721. The molecule has 128 valence electrons. The van der Waals surface area contributed by atoms with E-state index in [0.29, 0.717) is 16.5 Å². The second-order valence-electron chi connectivity index (χ2n) is 5.42. The van der Waals surface area contributed by atoms with Crippen LogP contribution >= 0.6 is 11.6 Å². The normalized spacial score (nSPS) is 10.6. The minimum absolute atomic E-state index is 0.0758. The number of amides is 1. The Bertz CT molecular complexity index is 1030. The van der Waals surface area contributed by atoms with Crippen LogP contribution in [0.1, 0.15) is 21.7 Å². The average molecular weight is 360 g/mol. The Balaban J connectivity index is 1.93. The van der Waals surface area contributed by atoms with Crippen LogP contribution in [0.4, 0.5) is 5.69 Å². The van der Waals surface area contributed by atoms with Crippen LogP contribution in [0.3, 0.4) is 0 Å². The van der Waals surface area contributed by atoms with Gasteiger partial charge in [0.2, 0.25) is 0 Å². The van der Waals surface area contributed by atoms with Crippen molar-refractivity contribution in [2.24, 2.45) is 0 Å². The molecule has 1 amide bonds. The lowest BCUT2D eigenvalue weighted by Crippen LogP contribution is -2.39. The van der Waals surface area contributed by atoms with E-state index in [4.69, 9.17) is 16.0 Å². The maximum Gasteiger partial charge on any atom is 0.328 e. The van der Waals surface area contributed by atoms with Gasteiger partial charge in [-0.25, -0.2) is 4.79 Å². The second kappa shape index (κ2) is 6.82. The summed E-state index contributed by atoms with van der Waals surface area (Å²) < 4.78 is 6.03. The van der Waals surface area contributed by atoms with E-state index in [1.165, 1.54) is 6.26 Å². The number of hydrogen-bond acceptors (Lipinski definition) is 4. The standard InChI is InChI=1S/C17H14ClN3O4/c1-10-4-5-14(13(18)7-10)20-15(22)12-8-19-17(24)21(16(12)23)9-11-3-2-6-25-11/h2-8H,9H2,1H3,(H,19,24)(H,20,22). The van der Waals surface area contributed by atoms with Crippen LogP contribution in [-0.4, -0.2) is 15.5 Å². The van der Waals surface area contributed by atoms with Crippen molar-refractivity contribution >= 4 is 23.2 Å². The third-order valence-corrected chi connectivity index (χ3v) is 3.88. The Kier molecular flexibility index (Phi) is 4.58. The fraction of sp³-hybridized carbons (Fsp3) is 0.118. The number of aryl methyl sites for hydroxylation is 1. The molecular weight excluding hydrogens is 346 g/mol. The molecule has 0 radical (unpaired) electrons. The molecule has 0 atom stereocenters. The van der Waals surface area contributed by atoms with Gasteiger partial charge in [-0.2, -0.15) is 0 Å². The molecule has 2 aromatic heterocycles. The van der Waals surface area contributed by atoms with Gasteiger partial charge in [0.25, 0.3) is 11.5 Å². The first kappa shape index (κ1) is 16.8. The molecule has 1 aromatic carbocycles. The quantitative estimate of drug-likeness (QED) is 0.747. The maximum absolute atomic E-state index is 12.5. The zero-order valence-corrected chi connectivity index (χ0v) is 14.0. The highest BCUT2D eigenvalue weighted by Gasteiger charge is 2.16. The van der Waals surface area contributed by atoms with Crippen LogP contribution in [0.15, 0.2) is 56.8 Å². The van der Waals surface area contributed by atoms with E-state index < -0.39 is 17.2 Å². The highest BCUT2D eigenvalue weighted by atomic mass is 35.5. The summed E-state index contributed by atoms with van der Waals surface area (Å²) in [4.78, 5) is 39.2. The highest BCUT2D eigenvalue weighted by Crippen LogP contribution is 2.22. The summed E-state index contributed by atoms with van der Waals surface area (Å²) in [6.07, 6.45) is 2.52. The number of rotatable bonds is 4. The number of carbonyl (C=O) groups is 1. The topological polar surface area (TPSA) is 97.1 Å². The van der Waals surface area contributed by atoms with E-state index in [1.807, 2.05) is 6.92 Å². The molecule has 0 fully saturated rings. The van der Waals surface area contributed by atoms with Gasteiger partial charge in [-0.05, 0) is 36.8 Å². The number of aromatic nitrogens is 2. The fourth-order valence-electron chi connectivity index (χ4n) is 2.29. The number of hydrogen-bond donors (Lipinski definition) is 2. The first-order valence-electron chi connectivity index (χ1n) is 7.38. The molecule has 0 bridgehead atoms. The zero-order valence-electron chi connectivity index (χ0n) is 13.2. The summed E-state index contributed by atoms with van der Waals surface area (Å²) in [5.41, 5.74) is -0.247. The summed E-state index contributed by atoms with van der Waals surface area (Å²) in [6, 6.07) is 8.39. The van der Waals surface area contributed by atoms with Crippen molar-refractivity contribution in [2.45, 2.75) is 13.5 Å². The Morgan fingerprint density at radius 1 is 1.32 bits per heavy atom. The molecule has 0 unspecified atom stereocenters. The van der Waals surface area contributed by atoms with Crippen molar-refractivity contribution in [3.05, 3.63) is 85.5 Å². The number of aromatic amines is 1. The van der Waals surface area contributed by atoms with Crippen molar-refractivity contribution in [3.63, 3.8) is 0 Å². The van der Waals surface area contributed by atoms with E-state index in [1.54, 1.807) is 30.3 Å². The van der Waals surface area contributed by atoms with Crippen LogP contribution in [0.2, 0.25) is 5.02 Å². The molecule has 0 aliphatic heterocycles. The maximum atomic E-state index is 12.5. The smallest absolute Gasteiger partial charge is 0.328 e. The summed E-state index contributed by atoms with van der Waals surface area (Å²) in [7, 11) is 0. The molecule has 7 nitrogen and oxygen atoms in total. The van der Waals surface area contributed by atoms with E-state index in [-0.39, 0.29) is 12.1 Å². The van der Waals surface area contributed by atoms with Gasteiger partial charge in [-0.15, -0.1) is 0 Å². The lowest BCUT2D eigenvalue weighted by molar-refractivity contribution is 0.102. The van der Waals surface area contributed by atoms with E-state index in [2.05, 4.69) is 10.3 Å². The highest BCUT2D eigenvalue weighted by molar-refractivity contribution is 6.34. The molecule has 0 aliphatic carbocycles. The Hall–Kier alpha value is -3.06. The molecule has 25 heavy (non-hydrogen) atoms. The number of nitrogens with one attached hydrogen (secondary N) is 2. The molecule has 0 saturated carbocycles. The molecule has 0 spiro atoms. The summed E-state index contributed by atoms with van der Waals surface area (Å²) in [6.45, 7) is 1.79. The Morgan fingerprint density at radius 2 is 2.12 bits per heavy atom. The first-order valence-corrected chi connectivity index (χ1v) is 7.76. The van der Waals surface area contributed by atoms with Crippen LogP contribution in [-0.2, 0) is 6.54 Å². The number of carbonyl (C=O) groups excluding carboxylic acids is 1. The Morgan fingerprint density at radius 3 is 2.80 bits per heavy atom. The van der Waals surface area contributed by atoms with Crippen molar-refractivity contribution in [2.75, 3.05) is 5.32 Å². The summed E-state index contributed by atoms with van der Waals surface area (Å²) in [5.74, 6) is -0.244. The lowest BCUT2D eigenvalue weighted by Gasteiger charge is -2.09. The Labute approximate surface area is 146 Å². The van der Waals surface area contributed by atoms with Gasteiger partial charge in [0.05, 0.1) is 23.5 Å². The van der Waals surface area contributed by atoms with Crippen LogP contribution < -0.4 is 16.6 Å². The van der Waals surface area contributed by atoms with Gasteiger partial charge >= 0.3 is 5.69 Å². The number of nitrogens with zero attached hydrogens (tertiary/aromatic N) is 1. The van der Waals surface area contributed by atoms with E-state index >= 15 is 0 Å². The van der Waals surface area contributed by atoms with Crippen molar-refractivity contribution < 1.29 is 9.21 Å². The molecule has 0 aliphatic rings. The number of H-pyrrole nitrogens is 1. The number of furan rings is 1. The van der Waals surface area contributed by atoms with E-state index in [9.17, 15) is 14.4 Å². The van der Waals surface area contributed by atoms with Gasteiger partial charge < -0.3 is 14.7 Å².